The third-order valence-corrected chi connectivity index (χ3v) is 2.83. The van der Waals surface area contributed by atoms with Crippen molar-refractivity contribution in [3.8, 4) is 0 Å². The Morgan fingerprint density at radius 2 is 1.29 bits per heavy atom. The van der Waals surface area contributed by atoms with Gasteiger partial charge in [-0.1, -0.05) is 52.4 Å². The summed E-state index contributed by atoms with van der Waals surface area (Å²) in [7, 11) is 0. The summed E-state index contributed by atoms with van der Waals surface area (Å²) in [5, 5.41) is 8.37. The topological polar surface area (TPSA) is 37.3 Å². The predicted molar refractivity (Wildman–Crippen MR) is 59.4 cm³/mol. The fourth-order valence-corrected chi connectivity index (χ4v) is 1.70. The Morgan fingerprint density at radius 3 is 1.36 bits per heavy atom. The van der Waals surface area contributed by atoms with Gasteiger partial charge in [0.1, 0.15) is 0 Å². The van der Waals surface area contributed by atoms with E-state index in [1.807, 2.05) is 13.8 Å². The summed E-state index contributed by atoms with van der Waals surface area (Å²) in [6.07, 6.45) is 10.5. The van der Waals surface area contributed by atoms with E-state index in [1.54, 1.807) is 0 Å². The minimum absolute atomic E-state index is 0.130. The zero-order chi connectivity index (χ0) is 10.8. The van der Waals surface area contributed by atoms with E-state index in [2.05, 4.69) is 0 Å². The second-order valence-electron chi connectivity index (χ2n) is 3.97. The molecule has 0 bridgehead atoms. The number of carboxylic acid groups (broad SMARTS) is 1. The van der Waals surface area contributed by atoms with Crippen LogP contribution in [0.1, 0.15) is 65.2 Å². The largest absolute Gasteiger partial charge is 0.481 e. The molecule has 0 aromatic rings. The summed E-state index contributed by atoms with van der Waals surface area (Å²) < 4.78 is 0. The molecule has 0 aromatic carbocycles. The van der Waals surface area contributed by atoms with Crippen molar-refractivity contribution in [2.24, 2.45) is 5.92 Å². The molecule has 0 atom stereocenters. The number of hydrogen-bond donors (Lipinski definition) is 1. The first kappa shape index (κ1) is 13.5. The number of aliphatic carboxylic acids is 1. The molecule has 1 saturated carbocycles. The molecule has 0 aromatic heterocycles. The van der Waals surface area contributed by atoms with E-state index < -0.39 is 5.97 Å². The maximum Gasteiger partial charge on any atom is 0.306 e. The van der Waals surface area contributed by atoms with E-state index in [0.29, 0.717) is 0 Å². The van der Waals surface area contributed by atoms with Gasteiger partial charge in [0, 0.05) is 0 Å². The van der Waals surface area contributed by atoms with Gasteiger partial charge in [-0.15, -0.1) is 0 Å². The Bertz CT molecular complexity index is 124. The van der Waals surface area contributed by atoms with E-state index >= 15 is 0 Å². The highest BCUT2D eigenvalue weighted by Gasteiger charge is 2.10. The Kier molecular flexibility index (Phi) is 8.70. The van der Waals surface area contributed by atoms with Gasteiger partial charge >= 0.3 is 5.97 Å². The summed E-state index contributed by atoms with van der Waals surface area (Å²) >= 11 is 0. The molecule has 0 unspecified atom stereocenters. The predicted octanol–water partition coefficient (Wildman–Crippen LogP) is 3.85. The fourth-order valence-electron chi connectivity index (χ4n) is 1.70. The lowest BCUT2D eigenvalue weighted by atomic mass is 10.0. The molecule has 1 aliphatic rings. The summed E-state index contributed by atoms with van der Waals surface area (Å²) in [6.45, 7) is 3.78. The van der Waals surface area contributed by atoms with Gasteiger partial charge in [-0.05, 0) is 12.8 Å². The van der Waals surface area contributed by atoms with Crippen molar-refractivity contribution >= 4 is 5.97 Å². The van der Waals surface area contributed by atoms with Crippen molar-refractivity contribution in [1.82, 2.24) is 0 Å². The zero-order valence-electron chi connectivity index (χ0n) is 9.59. The lowest BCUT2D eigenvalue weighted by molar-refractivity contribution is -0.141. The van der Waals surface area contributed by atoms with E-state index in [0.717, 1.165) is 12.8 Å². The van der Waals surface area contributed by atoms with Gasteiger partial charge in [0.05, 0.1) is 5.92 Å². The van der Waals surface area contributed by atoms with Gasteiger partial charge in [0.25, 0.3) is 0 Å². The van der Waals surface area contributed by atoms with Crippen molar-refractivity contribution in [2.45, 2.75) is 65.2 Å². The number of carbonyl (C=O) groups is 1. The first-order chi connectivity index (χ1) is 6.72. The highest BCUT2D eigenvalue weighted by atomic mass is 16.4. The van der Waals surface area contributed by atoms with Crippen LogP contribution in [-0.2, 0) is 4.79 Å². The second-order valence-corrected chi connectivity index (χ2v) is 3.97. The fraction of sp³-hybridized carbons (Fsp3) is 0.917. The quantitative estimate of drug-likeness (QED) is 0.751. The average Bonchev–Trinajstić information content (AvgIpc) is 2.22. The van der Waals surface area contributed by atoms with Crippen molar-refractivity contribution < 1.29 is 9.90 Å². The van der Waals surface area contributed by atoms with Crippen LogP contribution in [0.4, 0.5) is 0 Å². The van der Waals surface area contributed by atoms with Crippen molar-refractivity contribution in [2.75, 3.05) is 0 Å². The SMILES string of the molecule is C1CCCCC1.CCC(CC)C(=O)O. The minimum atomic E-state index is -0.671. The van der Waals surface area contributed by atoms with Gasteiger partial charge in [-0.3, -0.25) is 4.79 Å². The molecule has 0 aliphatic heterocycles. The number of carboxylic acids is 1. The Labute approximate surface area is 87.7 Å². The Balaban J connectivity index is 0.000000249. The summed E-state index contributed by atoms with van der Waals surface area (Å²) in [5.41, 5.74) is 0. The van der Waals surface area contributed by atoms with Gasteiger partial charge in [0.2, 0.25) is 0 Å². The maximum atomic E-state index is 10.2. The highest BCUT2D eigenvalue weighted by Crippen LogP contribution is 2.15. The van der Waals surface area contributed by atoms with Gasteiger partial charge in [-0.2, -0.15) is 0 Å². The van der Waals surface area contributed by atoms with Crippen LogP contribution in [0, 0.1) is 5.92 Å². The highest BCUT2D eigenvalue weighted by molar-refractivity contribution is 5.69. The molecule has 0 saturated heterocycles. The molecule has 0 heterocycles. The zero-order valence-corrected chi connectivity index (χ0v) is 9.59. The third kappa shape index (κ3) is 6.93. The molecule has 1 aliphatic carbocycles. The standard InChI is InChI=1S/C6H12O2.C6H12/c1-3-5(4-2)6(7)8;1-2-4-6-5-3-1/h5H,3-4H2,1-2H3,(H,7,8);1-6H2. The summed E-state index contributed by atoms with van der Waals surface area (Å²) in [5.74, 6) is -0.801. The van der Waals surface area contributed by atoms with Gasteiger partial charge in [-0.25, -0.2) is 0 Å². The van der Waals surface area contributed by atoms with Gasteiger partial charge < -0.3 is 5.11 Å². The minimum Gasteiger partial charge on any atom is -0.481 e. The molecular weight excluding hydrogens is 176 g/mol. The van der Waals surface area contributed by atoms with Gasteiger partial charge in [0.15, 0.2) is 0 Å². The molecule has 0 radical (unpaired) electrons. The summed E-state index contributed by atoms with van der Waals surface area (Å²) in [4.78, 5) is 10.2. The van der Waals surface area contributed by atoms with E-state index in [4.69, 9.17) is 5.11 Å². The molecule has 1 N–H and O–H groups in total. The lowest BCUT2D eigenvalue weighted by Gasteiger charge is -2.05. The van der Waals surface area contributed by atoms with Crippen molar-refractivity contribution in [1.29, 1.82) is 0 Å². The number of rotatable bonds is 3. The Hall–Kier alpha value is -0.530. The van der Waals surface area contributed by atoms with Crippen LogP contribution < -0.4 is 0 Å². The van der Waals surface area contributed by atoms with Crippen LogP contribution in [0.3, 0.4) is 0 Å². The van der Waals surface area contributed by atoms with Crippen molar-refractivity contribution in [3.05, 3.63) is 0 Å². The molecule has 14 heavy (non-hydrogen) atoms. The molecule has 2 heteroatoms. The Morgan fingerprint density at radius 1 is 1.00 bits per heavy atom. The second kappa shape index (κ2) is 9.04. The van der Waals surface area contributed by atoms with Crippen LogP contribution in [-0.4, -0.2) is 11.1 Å². The van der Waals surface area contributed by atoms with Crippen LogP contribution in [0.5, 0.6) is 0 Å². The van der Waals surface area contributed by atoms with Crippen LogP contribution >= 0.6 is 0 Å². The van der Waals surface area contributed by atoms with E-state index in [9.17, 15) is 4.79 Å². The first-order valence-electron chi connectivity index (χ1n) is 5.95. The molecule has 1 rings (SSSR count). The molecule has 84 valence electrons. The maximum absolute atomic E-state index is 10.2. The smallest absolute Gasteiger partial charge is 0.306 e. The van der Waals surface area contributed by atoms with Crippen LogP contribution in [0.25, 0.3) is 0 Å². The molecule has 0 spiro atoms. The third-order valence-electron chi connectivity index (χ3n) is 2.83. The van der Waals surface area contributed by atoms with Crippen molar-refractivity contribution in [3.63, 3.8) is 0 Å². The number of hydrogen-bond acceptors (Lipinski definition) is 1. The van der Waals surface area contributed by atoms with E-state index in [1.165, 1.54) is 38.5 Å². The monoisotopic (exact) mass is 200 g/mol. The average molecular weight is 200 g/mol. The molecule has 0 amide bonds. The van der Waals surface area contributed by atoms with E-state index in [-0.39, 0.29) is 5.92 Å². The molecule has 2 nitrogen and oxygen atoms in total. The van der Waals surface area contributed by atoms with Crippen LogP contribution in [0.15, 0.2) is 0 Å². The summed E-state index contributed by atoms with van der Waals surface area (Å²) in [6, 6.07) is 0. The normalized spacial score (nSPS) is 15.9. The van der Waals surface area contributed by atoms with Crippen LogP contribution in [0.2, 0.25) is 0 Å². The molecular formula is C12H24O2. The lowest BCUT2D eigenvalue weighted by Crippen LogP contribution is -2.10. The molecule has 1 fully saturated rings. The first-order valence-corrected chi connectivity index (χ1v) is 5.95.